The normalized spacial score (nSPS) is 14.2. The zero-order valence-electron chi connectivity index (χ0n) is 10.0. The van der Waals surface area contributed by atoms with Crippen LogP contribution in [0, 0.1) is 11.3 Å². The van der Waals surface area contributed by atoms with E-state index < -0.39 is 0 Å². The predicted molar refractivity (Wildman–Crippen MR) is 68.3 cm³/mol. The molecule has 2 heterocycles. The van der Waals surface area contributed by atoms with Gasteiger partial charge in [-0.2, -0.15) is 5.26 Å². The van der Waals surface area contributed by atoms with Gasteiger partial charge in [-0.3, -0.25) is 4.90 Å². The molecule has 88 valence electrons. The third kappa shape index (κ3) is 2.11. The first-order valence-corrected chi connectivity index (χ1v) is 5.99. The summed E-state index contributed by atoms with van der Waals surface area (Å²) in [7, 11) is 0. The Bertz CT molecular complexity index is 599. The zero-order valence-corrected chi connectivity index (χ0v) is 10.0. The summed E-state index contributed by atoms with van der Waals surface area (Å²) < 4.78 is 0. The summed E-state index contributed by atoms with van der Waals surface area (Å²) in [5, 5.41) is 8.84. The van der Waals surface area contributed by atoms with Crippen LogP contribution in [0.1, 0.15) is 22.4 Å². The number of hydrogen-bond donors (Lipinski definition) is 0. The minimum atomic E-state index is 0.510. The lowest BCUT2D eigenvalue weighted by atomic mass is 10.1. The van der Waals surface area contributed by atoms with Crippen molar-refractivity contribution in [1.29, 1.82) is 5.26 Å². The second-order valence-corrected chi connectivity index (χ2v) is 4.58. The van der Waals surface area contributed by atoms with Gasteiger partial charge < -0.3 is 0 Å². The maximum atomic E-state index is 8.84. The molecule has 0 aliphatic carbocycles. The number of pyridine rings is 1. The van der Waals surface area contributed by atoms with Crippen LogP contribution in [0.4, 0.5) is 0 Å². The quantitative estimate of drug-likeness (QED) is 0.802. The van der Waals surface area contributed by atoms with E-state index in [-0.39, 0.29) is 0 Å². The number of nitriles is 1. The zero-order chi connectivity index (χ0) is 12.4. The topological polar surface area (TPSA) is 39.9 Å². The Balaban J connectivity index is 1.75. The van der Waals surface area contributed by atoms with Crippen molar-refractivity contribution in [3.05, 3.63) is 65.0 Å². The average molecular weight is 235 g/mol. The van der Waals surface area contributed by atoms with Crippen LogP contribution < -0.4 is 0 Å². The van der Waals surface area contributed by atoms with Gasteiger partial charge in [0.15, 0.2) is 0 Å². The third-order valence-electron chi connectivity index (χ3n) is 3.23. The number of rotatable bonds is 2. The first kappa shape index (κ1) is 10.9. The Morgan fingerprint density at radius 3 is 2.72 bits per heavy atom. The number of nitrogens with zero attached hydrogens (tertiary/aromatic N) is 3. The molecule has 1 aromatic carbocycles. The molecule has 0 amide bonds. The Kier molecular flexibility index (Phi) is 2.79. The van der Waals surface area contributed by atoms with Gasteiger partial charge in [-0.25, -0.2) is 4.98 Å². The van der Waals surface area contributed by atoms with Gasteiger partial charge in [0.25, 0.3) is 0 Å². The Labute approximate surface area is 106 Å². The lowest BCUT2D eigenvalue weighted by Gasteiger charge is -2.14. The Morgan fingerprint density at radius 2 is 1.94 bits per heavy atom. The van der Waals surface area contributed by atoms with Crippen molar-refractivity contribution in [2.24, 2.45) is 0 Å². The van der Waals surface area contributed by atoms with E-state index in [1.54, 1.807) is 0 Å². The van der Waals surface area contributed by atoms with Crippen LogP contribution in [0.25, 0.3) is 0 Å². The van der Waals surface area contributed by atoms with Crippen LogP contribution in [0.5, 0.6) is 0 Å². The van der Waals surface area contributed by atoms with Crippen molar-refractivity contribution in [2.45, 2.75) is 19.6 Å². The maximum Gasteiger partial charge on any atom is 0.140 e. The molecular formula is C15H13N3. The van der Waals surface area contributed by atoms with Crippen molar-refractivity contribution >= 4 is 0 Å². The van der Waals surface area contributed by atoms with Crippen molar-refractivity contribution in [3.8, 4) is 6.07 Å². The largest absolute Gasteiger partial charge is 0.290 e. The molecular weight excluding hydrogens is 222 g/mol. The summed E-state index contributed by atoms with van der Waals surface area (Å²) in [6.45, 7) is 2.77. The van der Waals surface area contributed by atoms with Crippen molar-refractivity contribution < 1.29 is 0 Å². The highest BCUT2D eigenvalue weighted by Gasteiger charge is 2.19. The highest BCUT2D eigenvalue weighted by atomic mass is 15.1. The monoisotopic (exact) mass is 235 g/mol. The number of benzene rings is 1. The standard InChI is InChI=1S/C15H13N3/c16-7-15-6-13-10-18(11-14(13)8-17-15)9-12-4-2-1-3-5-12/h1-6,8H,9-11H2. The molecule has 0 bridgehead atoms. The van der Waals surface area contributed by atoms with E-state index in [2.05, 4.69) is 40.2 Å². The average Bonchev–Trinajstić information content (AvgIpc) is 2.80. The first-order chi connectivity index (χ1) is 8.85. The number of fused-ring (bicyclic) bond motifs is 1. The molecule has 0 unspecified atom stereocenters. The molecule has 3 heteroatoms. The molecule has 2 aromatic rings. The highest BCUT2D eigenvalue weighted by molar-refractivity contribution is 5.34. The molecule has 1 aromatic heterocycles. The van der Waals surface area contributed by atoms with Crippen molar-refractivity contribution in [2.75, 3.05) is 0 Å². The summed E-state index contributed by atoms with van der Waals surface area (Å²) in [5.41, 5.74) is 4.30. The molecule has 0 saturated carbocycles. The fourth-order valence-electron chi connectivity index (χ4n) is 2.37. The summed E-state index contributed by atoms with van der Waals surface area (Å²) in [6.07, 6.45) is 1.83. The van der Waals surface area contributed by atoms with Crippen LogP contribution >= 0.6 is 0 Å². The fraction of sp³-hybridized carbons (Fsp3) is 0.200. The Hall–Kier alpha value is -2.18. The van der Waals surface area contributed by atoms with Crippen LogP contribution in [0.2, 0.25) is 0 Å². The van der Waals surface area contributed by atoms with E-state index in [0.717, 1.165) is 19.6 Å². The maximum absolute atomic E-state index is 8.84. The van der Waals surface area contributed by atoms with Gasteiger partial charge in [-0.15, -0.1) is 0 Å². The minimum absolute atomic E-state index is 0.510. The minimum Gasteiger partial charge on any atom is -0.290 e. The lowest BCUT2D eigenvalue weighted by molar-refractivity contribution is 0.275. The van der Waals surface area contributed by atoms with E-state index in [0.29, 0.717) is 5.69 Å². The fourth-order valence-corrected chi connectivity index (χ4v) is 2.37. The van der Waals surface area contributed by atoms with Gasteiger partial charge in [0, 0.05) is 25.8 Å². The lowest BCUT2D eigenvalue weighted by Crippen LogP contribution is -2.15. The molecule has 0 fully saturated rings. The molecule has 0 atom stereocenters. The Morgan fingerprint density at radius 1 is 1.17 bits per heavy atom. The molecule has 1 aliphatic heterocycles. The van der Waals surface area contributed by atoms with Crippen LogP contribution in [0.3, 0.4) is 0 Å². The van der Waals surface area contributed by atoms with E-state index in [1.807, 2.05) is 18.3 Å². The van der Waals surface area contributed by atoms with E-state index >= 15 is 0 Å². The summed E-state index contributed by atoms with van der Waals surface area (Å²) in [6, 6.07) is 14.4. The second-order valence-electron chi connectivity index (χ2n) is 4.58. The van der Waals surface area contributed by atoms with Gasteiger partial charge in [0.05, 0.1) is 0 Å². The first-order valence-electron chi connectivity index (χ1n) is 5.99. The molecule has 0 radical (unpaired) electrons. The van der Waals surface area contributed by atoms with Crippen LogP contribution in [-0.2, 0) is 19.6 Å². The molecule has 3 rings (SSSR count). The predicted octanol–water partition coefficient (Wildman–Crippen LogP) is 2.47. The molecule has 3 nitrogen and oxygen atoms in total. The number of aromatic nitrogens is 1. The van der Waals surface area contributed by atoms with Crippen molar-refractivity contribution in [3.63, 3.8) is 0 Å². The smallest absolute Gasteiger partial charge is 0.140 e. The number of hydrogen-bond acceptors (Lipinski definition) is 3. The SMILES string of the molecule is N#Cc1cc2c(cn1)CN(Cc1ccccc1)C2. The van der Waals surface area contributed by atoms with Gasteiger partial charge in [0.1, 0.15) is 11.8 Å². The molecule has 1 aliphatic rings. The highest BCUT2D eigenvalue weighted by Crippen LogP contribution is 2.23. The van der Waals surface area contributed by atoms with E-state index in [9.17, 15) is 0 Å². The second kappa shape index (κ2) is 4.59. The summed E-state index contributed by atoms with van der Waals surface area (Å²) in [4.78, 5) is 6.49. The van der Waals surface area contributed by atoms with Crippen molar-refractivity contribution in [1.82, 2.24) is 9.88 Å². The van der Waals surface area contributed by atoms with E-state index in [4.69, 9.17) is 5.26 Å². The van der Waals surface area contributed by atoms with Gasteiger partial charge in [-0.05, 0) is 22.8 Å². The van der Waals surface area contributed by atoms with Gasteiger partial charge in [-0.1, -0.05) is 30.3 Å². The molecule has 18 heavy (non-hydrogen) atoms. The van der Waals surface area contributed by atoms with E-state index in [1.165, 1.54) is 16.7 Å². The summed E-state index contributed by atoms with van der Waals surface area (Å²) in [5.74, 6) is 0. The molecule has 0 saturated heterocycles. The molecule has 0 N–H and O–H groups in total. The van der Waals surface area contributed by atoms with Crippen LogP contribution in [0.15, 0.2) is 42.6 Å². The van der Waals surface area contributed by atoms with Gasteiger partial charge >= 0.3 is 0 Å². The van der Waals surface area contributed by atoms with Crippen LogP contribution in [-0.4, -0.2) is 9.88 Å². The third-order valence-corrected chi connectivity index (χ3v) is 3.23. The summed E-state index contributed by atoms with van der Waals surface area (Å²) >= 11 is 0. The van der Waals surface area contributed by atoms with Gasteiger partial charge in [0.2, 0.25) is 0 Å². The molecule has 0 spiro atoms.